The number of rotatable bonds is 6. The maximum absolute atomic E-state index is 11.8. The Kier molecular flexibility index (Phi) is 5.66. The second-order valence-electron chi connectivity index (χ2n) is 5.49. The zero-order valence-electron chi connectivity index (χ0n) is 14.1. The van der Waals surface area contributed by atoms with Crippen LogP contribution < -0.4 is 5.32 Å². The minimum absolute atomic E-state index is 0.135. The van der Waals surface area contributed by atoms with Gasteiger partial charge in [0.25, 0.3) is 5.69 Å². The van der Waals surface area contributed by atoms with Crippen molar-refractivity contribution in [3.8, 4) is 0 Å². The van der Waals surface area contributed by atoms with Crippen LogP contribution in [0.2, 0.25) is 0 Å². The highest BCUT2D eigenvalue weighted by Crippen LogP contribution is 2.24. The van der Waals surface area contributed by atoms with Crippen LogP contribution in [0.3, 0.4) is 0 Å². The van der Waals surface area contributed by atoms with Crippen molar-refractivity contribution in [1.29, 1.82) is 0 Å². The molecule has 0 aliphatic rings. The number of hydrogen-bond donors (Lipinski definition) is 2. The number of ether oxygens (including phenoxy) is 1. The first-order valence-electron chi connectivity index (χ1n) is 7.58. The number of aromatic nitrogens is 1. The molecule has 0 amide bonds. The van der Waals surface area contributed by atoms with E-state index in [-0.39, 0.29) is 17.8 Å². The number of anilines is 1. The van der Waals surface area contributed by atoms with Crippen molar-refractivity contribution in [3.05, 3.63) is 63.0 Å². The molecule has 0 radical (unpaired) electrons. The number of non-ortho nitro benzene ring substituents is 1. The Morgan fingerprint density at radius 1 is 1.40 bits per heavy atom. The van der Waals surface area contributed by atoms with Crippen LogP contribution in [-0.4, -0.2) is 28.1 Å². The number of nitrogens with zero attached hydrogens (tertiary/aromatic N) is 2. The van der Waals surface area contributed by atoms with Gasteiger partial charge in [0.2, 0.25) is 0 Å². The Bertz CT molecular complexity index is 805. The smallest absolute Gasteiger partial charge is 0.339 e. The first kappa shape index (κ1) is 18.3. The lowest BCUT2D eigenvalue weighted by Gasteiger charge is -2.13. The van der Waals surface area contributed by atoms with Crippen molar-refractivity contribution in [2.75, 3.05) is 12.4 Å². The quantitative estimate of drug-likeness (QED) is 0.470. The van der Waals surface area contributed by atoms with E-state index >= 15 is 0 Å². The number of nitro groups is 1. The van der Waals surface area contributed by atoms with Gasteiger partial charge in [-0.2, -0.15) is 0 Å². The molecule has 8 nitrogen and oxygen atoms in total. The fraction of sp³-hybridized carbons (Fsp3) is 0.294. The summed E-state index contributed by atoms with van der Waals surface area (Å²) >= 11 is 0. The van der Waals surface area contributed by atoms with Gasteiger partial charge in [0.15, 0.2) is 0 Å². The third kappa shape index (κ3) is 4.30. The van der Waals surface area contributed by atoms with Crippen molar-refractivity contribution in [3.63, 3.8) is 0 Å². The Hall–Kier alpha value is -3.00. The minimum Gasteiger partial charge on any atom is -0.465 e. The van der Waals surface area contributed by atoms with Crippen LogP contribution >= 0.6 is 0 Å². The summed E-state index contributed by atoms with van der Waals surface area (Å²) in [6.07, 6.45) is -0.614. The van der Waals surface area contributed by atoms with Crippen LogP contribution in [0.15, 0.2) is 30.3 Å². The third-order valence-corrected chi connectivity index (χ3v) is 3.71. The number of methoxy groups -OCH3 is 1. The number of aliphatic hydroxyl groups is 1. The van der Waals surface area contributed by atoms with E-state index in [9.17, 15) is 20.0 Å². The number of esters is 1. The van der Waals surface area contributed by atoms with Crippen molar-refractivity contribution in [2.24, 2.45) is 0 Å². The molecular weight excluding hydrogens is 326 g/mol. The SMILES string of the molecule is COC(=O)c1ccc([N+](=O)[O-])cc1NCc1ccc([C@H](C)O)c(C)n1. The zero-order chi connectivity index (χ0) is 18.6. The minimum atomic E-state index is -0.614. The summed E-state index contributed by atoms with van der Waals surface area (Å²) < 4.78 is 4.70. The fourth-order valence-corrected chi connectivity index (χ4v) is 2.43. The molecule has 0 aliphatic heterocycles. The highest BCUT2D eigenvalue weighted by atomic mass is 16.6. The summed E-state index contributed by atoms with van der Waals surface area (Å²) in [7, 11) is 1.24. The molecule has 0 saturated heterocycles. The Labute approximate surface area is 144 Å². The summed E-state index contributed by atoms with van der Waals surface area (Å²) in [6.45, 7) is 3.71. The Balaban J connectivity index is 2.27. The van der Waals surface area contributed by atoms with E-state index < -0.39 is 17.0 Å². The molecule has 1 atom stereocenters. The van der Waals surface area contributed by atoms with Gasteiger partial charge in [-0.15, -0.1) is 0 Å². The van der Waals surface area contributed by atoms with E-state index in [0.29, 0.717) is 17.1 Å². The number of nitro benzene ring substituents is 1. The molecule has 25 heavy (non-hydrogen) atoms. The first-order valence-corrected chi connectivity index (χ1v) is 7.58. The molecule has 2 rings (SSSR count). The summed E-state index contributed by atoms with van der Waals surface area (Å²) in [5.41, 5.74) is 2.45. The van der Waals surface area contributed by atoms with Gasteiger partial charge in [0.05, 0.1) is 41.6 Å². The molecule has 0 fully saturated rings. The van der Waals surface area contributed by atoms with Gasteiger partial charge in [-0.1, -0.05) is 6.07 Å². The van der Waals surface area contributed by atoms with Gasteiger partial charge in [-0.25, -0.2) is 4.79 Å². The summed E-state index contributed by atoms with van der Waals surface area (Å²) in [5, 5.41) is 23.6. The highest BCUT2D eigenvalue weighted by Gasteiger charge is 2.17. The number of carbonyl (C=O) groups is 1. The standard InChI is InChI=1S/C17H19N3O5/c1-10-14(11(2)21)6-4-12(19-10)9-18-16-8-13(20(23)24)5-7-15(16)17(22)25-3/h4-8,11,18,21H,9H2,1-3H3/t11-/m0/s1. The molecular formula is C17H19N3O5. The summed E-state index contributed by atoms with van der Waals surface area (Å²) in [4.78, 5) is 26.6. The molecule has 132 valence electrons. The molecule has 0 bridgehead atoms. The van der Waals surface area contributed by atoms with Crippen LogP contribution in [-0.2, 0) is 11.3 Å². The van der Waals surface area contributed by atoms with Crippen molar-refractivity contribution >= 4 is 17.3 Å². The van der Waals surface area contributed by atoms with Crippen LogP contribution in [0, 0.1) is 17.0 Å². The topological polar surface area (TPSA) is 115 Å². The fourth-order valence-electron chi connectivity index (χ4n) is 2.43. The first-order chi connectivity index (χ1) is 11.8. The van der Waals surface area contributed by atoms with Gasteiger partial charge in [0.1, 0.15) is 0 Å². The predicted molar refractivity (Wildman–Crippen MR) is 91.4 cm³/mol. The Morgan fingerprint density at radius 3 is 2.68 bits per heavy atom. The lowest BCUT2D eigenvalue weighted by molar-refractivity contribution is -0.384. The van der Waals surface area contributed by atoms with Crippen LogP contribution in [0.25, 0.3) is 0 Å². The number of aryl methyl sites for hydroxylation is 1. The molecule has 1 heterocycles. The average Bonchev–Trinajstić information content (AvgIpc) is 2.58. The molecule has 0 aliphatic carbocycles. The average molecular weight is 345 g/mol. The number of hydrogen-bond acceptors (Lipinski definition) is 7. The molecule has 1 aromatic carbocycles. The second-order valence-corrected chi connectivity index (χ2v) is 5.49. The number of nitrogens with one attached hydrogen (secondary N) is 1. The number of aliphatic hydroxyl groups excluding tert-OH is 1. The van der Waals surface area contributed by atoms with E-state index in [2.05, 4.69) is 10.3 Å². The molecule has 1 aromatic heterocycles. The molecule has 2 aromatic rings. The van der Waals surface area contributed by atoms with Crippen LogP contribution in [0.5, 0.6) is 0 Å². The number of benzene rings is 1. The lowest BCUT2D eigenvalue weighted by atomic mass is 10.1. The van der Waals surface area contributed by atoms with E-state index in [1.807, 2.05) is 0 Å². The Morgan fingerprint density at radius 2 is 2.12 bits per heavy atom. The van der Waals surface area contributed by atoms with Gasteiger partial charge < -0.3 is 15.2 Å². The van der Waals surface area contributed by atoms with Crippen LogP contribution in [0.1, 0.15) is 40.3 Å². The van der Waals surface area contributed by atoms with Gasteiger partial charge in [-0.3, -0.25) is 15.1 Å². The number of pyridine rings is 1. The van der Waals surface area contributed by atoms with E-state index in [0.717, 1.165) is 5.56 Å². The number of carbonyl (C=O) groups excluding carboxylic acids is 1. The predicted octanol–water partition coefficient (Wildman–Crippen LogP) is 2.75. The third-order valence-electron chi connectivity index (χ3n) is 3.71. The summed E-state index contributed by atoms with van der Waals surface area (Å²) in [6, 6.07) is 7.40. The molecule has 0 saturated carbocycles. The summed E-state index contributed by atoms with van der Waals surface area (Å²) in [5.74, 6) is -0.592. The molecule has 2 N–H and O–H groups in total. The van der Waals surface area contributed by atoms with Gasteiger partial charge in [0, 0.05) is 23.4 Å². The van der Waals surface area contributed by atoms with E-state index in [1.165, 1.54) is 25.3 Å². The zero-order valence-corrected chi connectivity index (χ0v) is 14.1. The van der Waals surface area contributed by atoms with Crippen molar-refractivity contribution < 1.29 is 19.6 Å². The monoisotopic (exact) mass is 345 g/mol. The normalized spacial score (nSPS) is 11.7. The van der Waals surface area contributed by atoms with E-state index in [1.54, 1.807) is 26.0 Å². The molecule has 0 spiro atoms. The maximum atomic E-state index is 11.8. The van der Waals surface area contributed by atoms with Crippen molar-refractivity contribution in [2.45, 2.75) is 26.5 Å². The molecule has 8 heteroatoms. The lowest BCUT2D eigenvalue weighted by Crippen LogP contribution is -2.10. The van der Waals surface area contributed by atoms with Crippen molar-refractivity contribution in [1.82, 2.24) is 4.98 Å². The highest BCUT2D eigenvalue weighted by molar-refractivity contribution is 5.96. The van der Waals surface area contributed by atoms with E-state index in [4.69, 9.17) is 4.74 Å². The largest absolute Gasteiger partial charge is 0.465 e. The van der Waals surface area contributed by atoms with Gasteiger partial charge >= 0.3 is 5.97 Å². The molecule has 0 unspecified atom stereocenters. The maximum Gasteiger partial charge on any atom is 0.339 e. The van der Waals surface area contributed by atoms with Crippen LogP contribution in [0.4, 0.5) is 11.4 Å². The second kappa shape index (κ2) is 7.71. The van der Waals surface area contributed by atoms with Gasteiger partial charge in [-0.05, 0) is 26.0 Å².